The van der Waals surface area contributed by atoms with Gasteiger partial charge in [0.25, 0.3) is 16.8 Å². The molecule has 0 radical (unpaired) electrons. The molecule has 0 amide bonds. The Bertz CT molecular complexity index is 3140. The number of fused-ring (bicyclic) bond motifs is 16. The molecule has 56 heavy (non-hydrogen) atoms. The van der Waals surface area contributed by atoms with Crippen LogP contribution in [0.1, 0.15) is 58.4 Å². The van der Waals surface area contributed by atoms with Gasteiger partial charge < -0.3 is 0 Å². The van der Waals surface area contributed by atoms with Crippen molar-refractivity contribution in [3.8, 4) is 27.9 Å². The quantitative estimate of drug-likeness (QED) is 0.155. The van der Waals surface area contributed by atoms with Crippen LogP contribution in [0.15, 0.2) is 151 Å². The van der Waals surface area contributed by atoms with Crippen LogP contribution in [-0.4, -0.2) is 15.2 Å². The molecule has 7 heterocycles. The van der Waals surface area contributed by atoms with Crippen LogP contribution < -0.4 is 14.1 Å². The lowest BCUT2D eigenvalue weighted by Crippen LogP contribution is -2.72. The number of para-hydroxylation sites is 4. The minimum absolute atomic E-state index is 0.157. The van der Waals surface area contributed by atoms with Crippen molar-refractivity contribution in [3.63, 3.8) is 0 Å². The van der Waals surface area contributed by atoms with E-state index in [0.717, 1.165) is 28.4 Å². The molecule has 0 N–H and O–H groups in total. The third kappa shape index (κ3) is 2.93. The molecule has 0 saturated heterocycles. The molecule has 13 rings (SSSR count). The Kier molecular flexibility index (Phi) is 5.20. The zero-order valence-electron chi connectivity index (χ0n) is 32.5. The number of benzene rings is 5. The number of hydrogen-bond donors (Lipinski definition) is 0. The van der Waals surface area contributed by atoms with Gasteiger partial charge in [0, 0.05) is 39.8 Å². The molecule has 3 aromatic heterocycles. The van der Waals surface area contributed by atoms with E-state index in [2.05, 4.69) is 211 Å². The first-order valence-electron chi connectivity index (χ1n) is 20.0. The normalized spacial score (nSPS) is 24.8. The topological polar surface area (TPSA) is 33.2 Å². The maximum absolute atomic E-state index is 5.81. The lowest BCUT2D eigenvalue weighted by atomic mass is 9.59. The molecule has 1 spiro atoms. The number of nitrogens with zero attached hydrogens (tertiary/aromatic N) is 6. The number of hydrogen-bond acceptors (Lipinski definition) is 2. The highest BCUT2D eigenvalue weighted by atomic mass is 15.6. The molecule has 3 atom stereocenters. The van der Waals surface area contributed by atoms with Crippen LogP contribution in [0.5, 0.6) is 0 Å². The number of aliphatic imine (C=N–C) groups is 1. The van der Waals surface area contributed by atoms with Crippen LogP contribution in [0, 0.1) is 0 Å². The molecule has 1 fully saturated rings. The Morgan fingerprint density at radius 1 is 0.589 bits per heavy atom. The van der Waals surface area contributed by atoms with Crippen LogP contribution in [0.3, 0.4) is 0 Å². The summed E-state index contributed by atoms with van der Waals surface area (Å²) in [6, 6.07) is 49.4. The van der Waals surface area contributed by atoms with Crippen molar-refractivity contribution in [1.82, 2.24) is 9.25 Å². The fourth-order valence-electron chi connectivity index (χ4n) is 12.3. The molecule has 5 aromatic carbocycles. The number of rotatable bonds is 1. The van der Waals surface area contributed by atoms with E-state index in [1.54, 1.807) is 0 Å². The first kappa shape index (κ1) is 31.0. The van der Waals surface area contributed by atoms with Crippen LogP contribution in [0.4, 0.5) is 11.4 Å². The Balaban J connectivity index is 1.27. The first-order valence-corrected chi connectivity index (χ1v) is 20.0. The first-order chi connectivity index (χ1) is 27.1. The van der Waals surface area contributed by atoms with Crippen molar-refractivity contribution in [1.29, 1.82) is 0 Å². The summed E-state index contributed by atoms with van der Waals surface area (Å²) in [6.45, 7) is 14.9. The number of anilines is 1. The van der Waals surface area contributed by atoms with Gasteiger partial charge in [-0.3, -0.25) is 0 Å². The number of aromatic nitrogens is 4. The van der Waals surface area contributed by atoms with Gasteiger partial charge >= 0.3 is 5.96 Å². The molecule has 8 aromatic rings. The summed E-state index contributed by atoms with van der Waals surface area (Å²) in [7, 11) is 0. The second-order valence-corrected chi connectivity index (χ2v) is 18.0. The third-order valence-electron chi connectivity index (χ3n) is 15.6. The summed E-state index contributed by atoms with van der Waals surface area (Å²) in [5, 5.41) is 2.47. The van der Waals surface area contributed by atoms with Crippen molar-refractivity contribution in [2.24, 2.45) is 4.99 Å². The second-order valence-electron chi connectivity index (χ2n) is 18.0. The highest BCUT2D eigenvalue weighted by Gasteiger charge is 3.02. The summed E-state index contributed by atoms with van der Waals surface area (Å²) < 4.78 is 10.4. The maximum atomic E-state index is 5.81. The monoisotopic (exact) mass is 726 g/mol. The second kappa shape index (κ2) is 9.39. The number of pyridine rings is 1. The average molecular weight is 727 g/mol. The van der Waals surface area contributed by atoms with Gasteiger partial charge in [-0.15, -0.1) is 4.68 Å². The van der Waals surface area contributed by atoms with Gasteiger partial charge in [0.05, 0.1) is 28.5 Å². The molecule has 6 heteroatoms. The van der Waals surface area contributed by atoms with Gasteiger partial charge in [-0.05, 0) is 54.4 Å². The molecule has 1 aliphatic carbocycles. The summed E-state index contributed by atoms with van der Waals surface area (Å²) in [4.78, 5) is 8.47. The lowest BCUT2D eigenvalue weighted by molar-refractivity contribution is -0.846. The molecule has 1 saturated carbocycles. The largest absolute Gasteiger partial charge is 0.311 e. The van der Waals surface area contributed by atoms with E-state index in [0.29, 0.717) is 0 Å². The van der Waals surface area contributed by atoms with Gasteiger partial charge in [0.15, 0.2) is 0 Å². The average Bonchev–Trinajstić information content (AvgIpc) is 3.48. The molecular weight excluding hydrogens is 685 g/mol. The van der Waals surface area contributed by atoms with Crippen molar-refractivity contribution in [2.45, 2.75) is 69.0 Å². The van der Waals surface area contributed by atoms with Crippen molar-refractivity contribution >= 4 is 39.3 Å². The van der Waals surface area contributed by atoms with Gasteiger partial charge in [0.1, 0.15) is 22.3 Å². The van der Waals surface area contributed by atoms with E-state index in [1.165, 1.54) is 55.6 Å². The Morgan fingerprint density at radius 2 is 1.29 bits per heavy atom. The zero-order chi connectivity index (χ0) is 37.7. The fourth-order valence-corrected chi connectivity index (χ4v) is 12.3. The van der Waals surface area contributed by atoms with Gasteiger partial charge in [-0.25, -0.2) is 9.47 Å². The fraction of sp³-hybridized carbons (Fsp3) is 0.220. The molecule has 3 unspecified atom stereocenters. The summed E-state index contributed by atoms with van der Waals surface area (Å²) >= 11 is 0. The van der Waals surface area contributed by atoms with Gasteiger partial charge in [-0.1, -0.05) is 129 Å². The van der Waals surface area contributed by atoms with Crippen LogP contribution in [-0.2, 0) is 27.4 Å². The Hall–Kier alpha value is -6.27. The SMILES string of the molecule is CC1(C)c2cccc3c2-n2c(c(-c4ccccc4)c[n+]2C2(C)C3(C)C23N2C(=Nc4ccccc4-c4ccccc42)n2c4ccccc4c4ccc[n+]3c42)C1(C)C. The van der Waals surface area contributed by atoms with E-state index in [1.807, 2.05) is 0 Å². The standard InChI is InChI=1S/C50H42N6/c1-46(2)37-24-16-25-38-42(37)56-43(47(46,3)4)36(31-18-8-7-9-19-31)30-53(56)49(6)48(38,5)50(49)52-29-17-23-35-34-22-11-14-27-40(34)54(44(35)52)45-51-39-26-13-10-20-32(39)33-21-12-15-28-41(33)55(45)50/h7-30H,1-6H3/q+2. The molecule has 6 nitrogen and oxygen atoms in total. The maximum Gasteiger partial charge on any atom is 0.311 e. The van der Waals surface area contributed by atoms with Crippen LogP contribution >= 0.6 is 0 Å². The molecule has 5 aliphatic rings. The minimum Gasteiger partial charge on any atom is -0.241 e. The summed E-state index contributed by atoms with van der Waals surface area (Å²) in [5.41, 5.74) is 12.9. The lowest BCUT2D eigenvalue weighted by Gasteiger charge is -2.47. The molecule has 4 aliphatic heterocycles. The predicted octanol–water partition coefficient (Wildman–Crippen LogP) is 9.79. The Morgan fingerprint density at radius 3 is 2.12 bits per heavy atom. The summed E-state index contributed by atoms with van der Waals surface area (Å²) in [5.74, 6) is 0.937. The molecular formula is C50H42N6+2. The minimum atomic E-state index is -0.671. The molecule has 0 bridgehead atoms. The van der Waals surface area contributed by atoms with Crippen molar-refractivity contribution < 1.29 is 9.25 Å². The zero-order valence-corrected chi connectivity index (χ0v) is 32.5. The van der Waals surface area contributed by atoms with E-state index in [4.69, 9.17) is 4.99 Å². The van der Waals surface area contributed by atoms with Gasteiger partial charge in [0.2, 0.25) is 6.20 Å². The van der Waals surface area contributed by atoms with E-state index < -0.39 is 16.6 Å². The third-order valence-corrected chi connectivity index (χ3v) is 15.6. The van der Waals surface area contributed by atoms with E-state index in [9.17, 15) is 0 Å². The van der Waals surface area contributed by atoms with E-state index in [-0.39, 0.29) is 10.8 Å². The smallest absolute Gasteiger partial charge is 0.241 e. The van der Waals surface area contributed by atoms with Gasteiger partial charge in [-0.2, -0.15) is 9.56 Å². The summed E-state index contributed by atoms with van der Waals surface area (Å²) in [6.07, 6.45) is 4.86. The van der Waals surface area contributed by atoms with Crippen LogP contribution in [0.25, 0.3) is 49.9 Å². The predicted molar refractivity (Wildman–Crippen MR) is 223 cm³/mol. The highest BCUT2D eigenvalue weighted by Crippen LogP contribution is 2.76. The Labute approximate surface area is 326 Å². The molecule has 270 valence electrons. The van der Waals surface area contributed by atoms with E-state index >= 15 is 0 Å². The van der Waals surface area contributed by atoms with Crippen LogP contribution in [0.2, 0.25) is 0 Å². The van der Waals surface area contributed by atoms with Crippen molar-refractivity contribution in [3.05, 3.63) is 163 Å². The highest BCUT2D eigenvalue weighted by molar-refractivity contribution is 6.18. The van der Waals surface area contributed by atoms with Crippen molar-refractivity contribution in [2.75, 3.05) is 4.90 Å².